The molecule has 1 aromatic heterocycles. The molecule has 86 valence electrons. The summed E-state index contributed by atoms with van der Waals surface area (Å²) in [6.45, 7) is 3.58. The fraction of sp³-hybridized carbons (Fsp3) is 0.364. The Morgan fingerprint density at radius 3 is 2.81 bits per heavy atom. The Kier molecular flexibility index (Phi) is 4.98. The van der Waals surface area contributed by atoms with E-state index in [0.29, 0.717) is 17.4 Å². The molecule has 16 heavy (non-hydrogen) atoms. The molecule has 0 saturated heterocycles. The molecule has 0 bridgehead atoms. The van der Waals surface area contributed by atoms with Gasteiger partial charge in [-0.1, -0.05) is 17.8 Å². The number of rotatable bonds is 5. The lowest BCUT2D eigenvalue weighted by Gasteiger charge is -2.02. The summed E-state index contributed by atoms with van der Waals surface area (Å²) in [4.78, 5) is 26.3. The third-order valence-electron chi connectivity index (χ3n) is 1.63. The van der Waals surface area contributed by atoms with Crippen molar-refractivity contribution in [1.82, 2.24) is 4.98 Å². The maximum atomic E-state index is 11.4. The van der Waals surface area contributed by atoms with Gasteiger partial charge in [0, 0.05) is 0 Å². The molecule has 0 atom stereocenters. The summed E-state index contributed by atoms with van der Waals surface area (Å²) in [5, 5.41) is 0.653. The normalized spacial score (nSPS) is 9.88. The largest absolute Gasteiger partial charge is 0.461 e. The molecule has 5 heteroatoms. The topological polar surface area (TPSA) is 56.3 Å². The Hall–Kier alpha value is -1.36. The van der Waals surface area contributed by atoms with Gasteiger partial charge < -0.3 is 4.74 Å². The van der Waals surface area contributed by atoms with Crippen LogP contribution in [0.4, 0.5) is 0 Å². The highest BCUT2D eigenvalue weighted by Gasteiger charge is 2.08. The number of hydrogen-bond donors (Lipinski definition) is 0. The molecule has 0 spiro atoms. The van der Waals surface area contributed by atoms with Gasteiger partial charge in [0.25, 0.3) is 0 Å². The van der Waals surface area contributed by atoms with Crippen LogP contribution in [0, 0.1) is 0 Å². The zero-order chi connectivity index (χ0) is 12.0. The van der Waals surface area contributed by atoms with Gasteiger partial charge >= 0.3 is 5.97 Å². The predicted molar refractivity (Wildman–Crippen MR) is 61.6 cm³/mol. The molecule has 0 fully saturated rings. The molecule has 0 aliphatic heterocycles. The van der Waals surface area contributed by atoms with Crippen molar-refractivity contribution in [2.24, 2.45) is 0 Å². The van der Waals surface area contributed by atoms with E-state index >= 15 is 0 Å². The van der Waals surface area contributed by atoms with Gasteiger partial charge in [-0.25, -0.2) is 9.78 Å². The van der Waals surface area contributed by atoms with E-state index in [4.69, 9.17) is 4.74 Å². The van der Waals surface area contributed by atoms with E-state index < -0.39 is 5.97 Å². The Labute approximate surface area is 98.4 Å². The summed E-state index contributed by atoms with van der Waals surface area (Å²) in [6.07, 6.45) is 0. The van der Waals surface area contributed by atoms with Crippen molar-refractivity contribution in [2.75, 3.05) is 12.4 Å². The quantitative estimate of drug-likeness (QED) is 0.580. The lowest BCUT2D eigenvalue weighted by Crippen LogP contribution is -2.07. The zero-order valence-electron chi connectivity index (χ0n) is 9.23. The number of aromatic nitrogens is 1. The van der Waals surface area contributed by atoms with Crippen molar-refractivity contribution in [1.29, 1.82) is 0 Å². The van der Waals surface area contributed by atoms with Crippen LogP contribution < -0.4 is 0 Å². The van der Waals surface area contributed by atoms with Crippen molar-refractivity contribution in [3.63, 3.8) is 0 Å². The maximum absolute atomic E-state index is 11.4. The average Bonchev–Trinajstić information content (AvgIpc) is 2.27. The first-order valence-electron chi connectivity index (χ1n) is 4.90. The standard InChI is InChI=1S/C11H13NO3S/c1-3-15-11(14)9-5-4-6-10(12-9)16-7-8(2)13/h4-6H,3,7H2,1-2H3. The third-order valence-corrected chi connectivity index (χ3v) is 2.71. The molecule has 0 aromatic carbocycles. The summed E-state index contributed by atoms with van der Waals surface area (Å²) in [6, 6.07) is 5.08. The number of thioether (sulfide) groups is 1. The molecule has 0 saturated carbocycles. The molecular weight excluding hydrogens is 226 g/mol. The van der Waals surface area contributed by atoms with Crippen LogP contribution in [-0.4, -0.2) is 29.1 Å². The van der Waals surface area contributed by atoms with E-state index in [0.717, 1.165) is 0 Å². The summed E-state index contributed by atoms with van der Waals surface area (Å²) in [5.74, 6) is 0.000315. The molecule has 1 rings (SSSR count). The lowest BCUT2D eigenvalue weighted by molar-refractivity contribution is -0.114. The Morgan fingerprint density at radius 2 is 2.19 bits per heavy atom. The number of nitrogens with zero attached hydrogens (tertiary/aromatic N) is 1. The van der Waals surface area contributed by atoms with Crippen LogP contribution in [0.3, 0.4) is 0 Å². The zero-order valence-corrected chi connectivity index (χ0v) is 10.0. The molecule has 0 amide bonds. The fourth-order valence-corrected chi connectivity index (χ4v) is 1.68. The van der Waals surface area contributed by atoms with E-state index in [1.165, 1.54) is 18.7 Å². The minimum Gasteiger partial charge on any atom is -0.461 e. The Balaban J connectivity index is 2.70. The molecule has 0 radical (unpaired) electrons. The average molecular weight is 239 g/mol. The van der Waals surface area contributed by atoms with Crippen LogP contribution in [0.2, 0.25) is 0 Å². The maximum Gasteiger partial charge on any atom is 0.356 e. The van der Waals surface area contributed by atoms with Crippen LogP contribution in [0.5, 0.6) is 0 Å². The van der Waals surface area contributed by atoms with Crippen LogP contribution in [0.15, 0.2) is 23.2 Å². The Bertz CT molecular complexity index is 393. The molecule has 0 unspecified atom stereocenters. The number of pyridine rings is 1. The van der Waals surface area contributed by atoms with Gasteiger partial charge in [0.05, 0.1) is 17.4 Å². The number of carbonyl (C=O) groups excluding carboxylic acids is 2. The van der Waals surface area contributed by atoms with E-state index in [1.807, 2.05) is 0 Å². The number of esters is 1. The summed E-state index contributed by atoms with van der Waals surface area (Å²) in [7, 11) is 0. The van der Waals surface area contributed by atoms with E-state index in [9.17, 15) is 9.59 Å². The summed E-state index contributed by atoms with van der Waals surface area (Å²) in [5.41, 5.74) is 0.274. The highest BCUT2D eigenvalue weighted by Crippen LogP contribution is 2.15. The third kappa shape index (κ3) is 4.02. The van der Waals surface area contributed by atoms with Gasteiger partial charge in [-0.05, 0) is 26.0 Å². The van der Waals surface area contributed by atoms with Gasteiger partial charge in [0.15, 0.2) is 0 Å². The van der Waals surface area contributed by atoms with E-state index in [-0.39, 0.29) is 11.5 Å². The van der Waals surface area contributed by atoms with Crippen LogP contribution >= 0.6 is 11.8 Å². The SMILES string of the molecule is CCOC(=O)c1cccc(SCC(C)=O)n1. The second-order valence-electron chi connectivity index (χ2n) is 3.07. The first-order valence-corrected chi connectivity index (χ1v) is 5.88. The van der Waals surface area contributed by atoms with Crippen molar-refractivity contribution < 1.29 is 14.3 Å². The smallest absolute Gasteiger partial charge is 0.356 e. The number of carbonyl (C=O) groups is 2. The van der Waals surface area contributed by atoms with E-state index in [1.54, 1.807) is 25.1 Å². The second-order valence-corrected chi connectivity index (χ2v) is 4.07. The first kappa shape index (κ1) is 12.7. The van der Waals surface area contributed by atoms with Crippen molar-refractivity contribution in [3.05, 3.63) is 23.9 Å². The molecule has 1 heterocycles. The van der Waals surface area contributed by atoms with Crippen LogP contribution in [-0.2, 0) is 9.53 Å². The molecule has 1 aromatic rings. The monoisotopic (exact) mass is 239 g/mol. The van der Waals surface area contributed by atoms with Crippen molar-refractivity contribution in [3.8, 4) is 0 Å². The van der Waals surface area contributed by atoms with Gasteiger partial charge in [0.2, 0.25) is 0 Å². The van der Waals surface area contributed by atoms with Crippen LogP contribution in [0.25, 0.3) is 0 Å². The number of hydrogen-bond acceptors (Lipinski definition) is 5. The Morgan fingerprint density at radius 1 is 1.44 bits per heavy atom. The molecule has 0 aliphatic carbocycles. The number of ketones is 1. The summed E-state index contributed by atoms with van der Waals surface area (Å²) < 4.78 is 4.83. The summed E-state index contributed by atoms with van der Waals surface area (Å²) >= 11 is 1.31. The van der Waals surface area contributed by atoms with Gasteiger partial charge in [0.1, 0.15) is 11.5 Å². The predicted octanol–water partition coefficient (Wildman–Crippen LogP) is 1.94. The van der Waals surface area contributed by atoms with E-state index in [2.05, 4.69) is 4.98 Å². The van der Waals surface area contributed by atoms with Crippen LogP contribution in [0.1, 0.15) is 24.3 Å². The van der Waals surface area contributed by atoms with Gasteiger partial charge in [-0.2, -0.15) is 0 Å². The van der Waals surface area contributed by atoms with Gasteiger partial charge in [-0.3, -0.25) is 4.79 Å². The minimum absolute atomic E-state index is 0.0772. The molecule has 4 nitrogen and oxygen atoms in total. The van der Waals surface area contributed by atoms with Crippen molar-refractivity contribution >= 4 is 23.5 Å². The van der Waals surface area contributed by atoms with Gasteiger partial charge in [-0.15, -0.1) is 0 Å². The van der Waals surface area contributed by atoms with Crippen molar-refractivity contribution in [2.45, 2.75) is 18.9 Å². The number of ether oxygens (including phenoxy) is 1. The highest BCUT2D eigenvalue weighted by atomic mass is 32.2. The molecular formula is C11H13NO3S. The fourth-order valence-electron chi connectivity index (χ4n) is 0.990. The highest BCUT2D eigenvalue weighted by molar-refractivity contribution is 7.99. The first-order chi connectivity index (χ1) is 7.63. The molecule has 0 N–H and O–H groups in total. The lowest BCUT2D eigenvalue weighted by atomic mass is 10.3. The molecule has 0 aliphatic rings. The second kappa shape index (κ2) is 6.27. The number of Topliss-reactive ketones (excluding diaryl/α,β-unsaturated/α-hetero) is 1. The minimum atomic E-state index is -0.437.